The minimum Gasteiger partial charge on any atom is -0.365 e. The average Bonchev–Trinajstić information content (AvgIpc) is 3.55. The summed E-state index contributed by atoms with van der Waals surface area (Å²) in [5.74, 6) is 0.409. The van der Waals surface area contributed by atoms with Gasteiger partial charge in [0.25, 0.3) is 5.91 Å². The van der Waals surface area contributed by atoms with Crippen molar-refractivity contribution in [3.63, 3.8) is 0 Å². The molecule has 3 aromatic heterocycles. The van der Waals surface area contributed by atoms with E-state index in [1.165, 1.54) is 11.2 Å². The highest BCUT2D eigenvalue weighted by atomic mass is 16.1. The Morgan fingerprint density at radius 3 is 2.71 bits per heavy atom. The van der Waals surface area contributed by atoms with E-state index in [0.717, 1.165) is 43.7 Å². The number of benzene rings is 1. The fourth-order valence-electron chi connectivity index (χ4n) is 5.20. The smallest absolute Gasteiger partial charge is 0.256 e. The quantitative estimate of drug-likeness (QED) is 0.344. The standard InChI is InChI=1S/C23H26N10O/c24-19(34)18-20(29-15-2-1-3-16(14-15)33-27-10-11-28-33)31-22(32-13-12-26-21(18)32)30-17-4-5-23(17)6-8-25-9-7-23/h1-3,10-14,17,25,29H,4-9H2,(H2,24,34)(H,30,31). The van der Waals surface area contributed by atoms with E-state index in [4.69, 9.17) is 10.7 Å². The fourth-order valence-corrected chi connectivity index (χ4v) is 5.20. The summed E-state index contributed by atoms with van der Waals surface area (Å²) in [6, 6.07) is 7.87. The first kappa shape index (κ1) is 20.6. The molecular weight excluding hydrogens is 432 g/mol. The number of piperidine rings is 1. The van der Waals surface area contributed by atoms with Gasteiger partial charge >= 0.3 is 0 Å². The second kappa shape index (κ2) is 8.10. The van der Waals surface area contributed by atoms with Crippen LogP contribution in [0.1, 0.15) is 36.0 Å². The molecule has 4 heterocycles. The summed E-state index contributed by atoms with van der Waals surface area (Å²) in [4.78, 5) is 23.2. The number of anilines is 3. The van der Waals surface area contributed by atoms with E-state index in [1.54, 1.807) is 24.8 Å². The summed E-state index contributed by atoms with van der Waals surface area (Å²) in [6.07, 6.45) is 11.3. The van der Waals surface area contributed by atoms with Crippen LogP contribution < -0.4 is 21.7 Å². The number of aromatic nitrogens is 6. The molecule has 1 atom stereocenters. The van der Waals surface area contributed by atoms with Crippen LogP contribution in [-0.4, -0.2) is 54.4 Å². The molecule has 2 fully saturated rings. The van der Waals surface area contributed by atoms with E-state index in [2.05, 4.69) is 31.1 Å². The molecule has 34 heavy (non-hydrogen) atoms. The molecule has 6 rings (SSSR count). The molecule has 11 heteroatoms. The first-order valence-corrected chi connectivity index (χ1v) is 11.5. The van der Waals surface area contributed by atoms with Gasteiger partial charge in [0.15, 0.2) is 11.5 Å². The van der Waals surface area contributed by atoms with Crippen LogP contribution >= 0.6 is 0 Å². The Balaban J connectivity index is 1.38. The number of nitrogens with one attached hydrogen (secondary N) is 3. The second-order valence-corrected chi connectivity index (χ2v) is 8.99. The van der Waals surface area contributed by atoms with Crippen LogP contribution in [0.4, 0.5) is 17.5 Å². The summed E-state index contributed by atoms with van der Waals surface area (Å²) < 4.78 is 1.81. The number of amides is 1. The Labute approximate surface area is 195 Å². The Morgan fingerprint density at radius 1 is 1.15 bits per heavy atom. The molecule has 0 radical (unpaired) electrons. The first-order chi connectivity index (χ1) is 16.6. The van der Waals surface area contributed by atoms with Crippen molar-refractivity contribution < 1.29 is 4.79 Å². The molecule has 1 saturated carbocycles. The van der Waals surface area contributed by atoms with Crippen molar-refractivity contribution in [2.45, 2.75) is 31.7 Å². The lowest BCUT2D eigenvalue weighted by atomic mass is 9.59. The van der Waals surface area contributed by atoms with Crippen LogP contribution in [0.25, 0.3) is 11.3 Å². The van der Waals surface area contributed by atoms with Crippen molar-refractivity contribution in [1.29, 1.82) is 0 Å². The molecule has 4 aromatic rings. The Hall–Kier alpha value is -3.99. The van der Waals surface area contributed by atoms with Gasteiger partial charge in [-0.3, -0.25) is 9.20 Å². The number of nitrogens with zero attached hydrogens (tertiary/aromatic N) is 6. The molecule has 0 bridgehead atoms. The third-order valence-electron chi connectivity index (χ3n) is 7.12. The van der Waals surface area contributed by atoms with Crippen molar-refractivity contribution >= 4 is 29.0 Å². The lowest BCUT2D eigenvalue weighted by molar-refractivity contribution is 0.0648. The number of nitrogens with two attached hydrogens (primary N) is 1. The molecule has 1 spiro atoms. The van der Waals surface area contributed by atoms with Gasteiger partial charge in [0.1, 0.15) is 5.56 Å². The highest BCUT2D eigenvalue weighted by Gasteiger charge is 2.47. The van der Waals surface area contributed by atoms with Crippen LogP contribution in [-0.2, 0) is 0 Å². The molecule has 174 valence electrons. The summed E-state index contributed by atoms with van der Waals surface area (Å²) in [6.45, 7) is 2.09. The largest absolute Gasteiger partial charge is 0.365 e. The van der Waals surface area contributed by atoms with E-state index in [-0.39, 0.29) is 5.56 Å². The SMILES string of the molecule is NC(=O)c1c(Nc2cccc(-n3nccn3)c2)nc(NC2CCC23CCNCC3)n2ccnc12. The summed E-state index contributed by atoms with van der Waals surface area (Å²) in [7, 11) is 0. The van der Waals surface area contributed by atoms with Crippen LogP contribution in [0.3, 0.4) is 0 Å². The molecule has 1 aromatic carbocycles. The molecule has 1 unspecified atom stereocenters. The van der Waals surface area contributed by atoms with Crippen LogP contribution in [0.2, 0.25) is 0 Å². The summed E-state index contributed by atoms with van der Waals surface area (Å²) >= 11 is 0. The van der Waals surface area contributed by atoms with Gasteiger partial charge in [-0.05, 0) is 62.4 Å². The lowest BCUT2D eigenvalue weighted by Gasteiger charge is -2.52. The van der Waals surface area contributed by atoms with Gasteiger partial charge in [-0.2, -0.15) is 20.0 Å². The van der Waals surface area contributed by atoms with Crippen LogP contribution in [0.5, 0.6) is 0 Å². The van der Waals surface area contributed by atoms with E-state index in [9.17, 15) is 4.79 Å². The number of carbonyl (C=O) groups excluding carboxylic acids is 1. The lowest BCUT2D eigenvalue weighted by Crippen LogP contribution is -2.54. The Bertz CT molecular complexity index is 1340. The highest BCUT2D eigenvalue weighted by Crippen LogP contribution is 2.49. The monoisotopic (exact) mass is 458 g/mol. The molecule has 11 nitrogen and oxygen atoms in total. The number of hydrogen-bond donors (Lipinski definition) is 4. The maximum absolute atomic E-state index is 12.5. The minimum atomic E-state index is -0.596. The van der Waals surface area contributed by atoms with E-state index >= 15 is 0 Å². The number of fused-ring (bicyclic) bond motifs is 1. The molecule has 2 aliphatic rings. The molecule has 5 N–H and O–H groups in total. The maximum atomic E-state index is 12.5. The molecular formula is C23H26N10O. The van der Waals surface area contributed by atoms with Gasteiger partial charge in [-0.1, -0.05) is 6.07 Å². The second-order valence-electron chi connectivity index (χ2n) is 8.99. The molecule has 1 amide bonds. The topological polar surface area (TPSA) is 140 Å². The minimum absolute atomic E-state index is 0.239. The molecule has 1 aliphatic heterocycles. The zero-order chi connectivity index (χ0) is 23.1. The van der Waals surface area contributed by atoms with E-state index < -0.39 is 5.91 Å². The van der Waals surface area contributed by atoms with Gasteiger partial charge in [-0.15, -0.1) is 0 Å². The van der Waals surface area contributed by atoms with Crippen molar-refractivity contribution in [1.82, 2.24) is 34.7 Å². The summed E-state index contributed by atoms with van der Waals surface area (Å²) in [5, 5.41) is 18.8. The Morgan fingerprint density at radius 2 is 1.97 bits per heavy atom. The Kier molecular flexibility index (Phi) is 4.91. The van der Waals surface area contributed by atoms with Gasteiger partial charge in [0.05, 0.1) is 18.1 Å². The number of primary amides is 1. The number of carbonyl (C=O) groups is 1. The normalized spacial score (nSPS) is 19.1. The van der Waals surface area contributed by atoms with E-state index in [0.29, 0.717) is 28.9 Å². The highest BCUT2D eigenvalue weighted by molar-refractivity contribution is 6.04. The number of hydrogen-bond acceptors (Lipinski definition) is 8. The predicted molar refractivity (Wildman–Crippen MR) is 127 cm³/mol. The average molecular weight is 459 g/mol. The van der Waals surface area contributed by atoms with E-state index in [1.807, 2.05) is 28.7 Å². The van der Waals surface area contributed by atoms with Crippen LogP contribution in [0, 0.1) is 5.41 Å². The van der Waals surface area contributed by atoms with Crippen molar-refractivity contribution in [2.75, 3.05) is 23.7 Å². The zero-order valence-electron chi connectivity index (χ0n) is 18.6. The van der Waals surface area contributed by atoms with Crippen molar-refractivity contribution in [2.24, 2.45) is 11.1 Å². The van der Waals surface area contributed by atoms with Gasteiger partial charge < -0.3 is 21.7 Å². The number of imidazole rings is 1. The first-order valence-electron chi connectivity index (χ1n) is 11.5. The van der Waals surface area contributed by atoms with Gasteiger partial charge in [-0.25, -0.2) is 4.98 Å². The predicted octanol–water partition coefficient (Wildman–Crippen LogP) is 2.10. The molecule has 1 saturated heterocycles. The fraction of sp³-hybridized carbons (Fsp3) is 0.348. The third-order valence-corrected chi connectivity index (χ3v) is 7.12. The van der Waals surface area contributed by atoms with Crippen molar-refractivity contribution in [3.8, 4) is 5.69 Å². The third kappa shape index (κ3) is 3.45. The summed E-state index contributed by atoms with van der Waals surface area (Å²) in [5.41, 5.74) is 8.28. The van der Waals surface area contributed by atoms with Gasteiger partial charge in [0, 0.05) is 24.1 Å². The van der Waals surface area contributed by atoms with Gasteiger partial charge in [0.2, 0.25) is 5.95 Å². The molecule has 1 aliphatic carbocycles. The number of rotatable bonds is 6. The van der Waals surface area contributed by atoms with Crippen molar-refractivity contribution in [3.05, 3.63) is 54.6 Å². The zero-order valence-corrected chi connectivity index (χ0v) is 18.6. The maximum Gasteiger partial charge on any atom is 0.256 e. The van der Waals surface area contributed by atoms with Crippen LogP contribution in [0.15, 0.2) is 49.1 Å².